The molecule has 2 aromatic rings. The van der Waals surface area contributed by atoms with Gasteiger partial charge in [-0.15, -0.1) is 0 Å². The van der Waals surface area contributed by atoms with Crippen molar-refractivity contribution in [2.45, 2.75) is 32.4 Å². The number of benzene rings is 1. The molecular formula is C17H20ClN3O2. The Morgan fingerprint density at radius 3 is 2.65 bits per heavy atom. The summed E-state index contributed by atoms with van der Waals surface area (Å²) < 4.78 is 4.99. The lowest BCUT2D eigenvalue weighted by molar-refractivity contribution is 0.0872. The second kappa shape index (κ2) is 7.15. The number of nitrogens with one attached hydrogen (secondary N) is 1. The fourth-order valence-corrected chi connectivity index (χ4v) is 2.94. The standard InChI is InChI=1S/C17H20ClN3O2/c1-12-10-16(23-20-12)17(22)19-15-6-8-21(9-7-15)11-13-2-4-14(18)5-3-13/h2-5,10,15H,6-9,11H2,1H3,(H,19,22). The monoisotopic (exact) mass is 333 g/mol. The largest absolute Gasteiger partial charge is 0.351 e. The van der Waals surface area contributed by atoms with Crippen LogP contribution in [0.2, 0.25) is 5.02 Å². The number of halogens is 1. The van der Waals surface area contributed by atoms with E-state index in [9.17, 15) is 4.79 Å². The average Bonchev–Trinajstić information content (AvgIpc) is 2.98. The second-order valence-electron chi connectivity index (χ2n) is 5.98. The third-order valence-electron chi connectivity index (χ3n) is 4.09. The number of nitrogens with zero attached hydrogens (tertiary/aromatic N) is 2. The zero-order valence-electron chi connectivity index (χ0n) is 13.1. The minimum Gasteiger partial charge on any atom is -0.351 e. The summed E-state index contributed by atoms with van der Waals surface area (Å²) in [6.45, 7) is 4.64. The van der Waals surface area contributed by atoms with Crippen LogP contribution in [-0.4, -0.2) is 35.1 Å². The quantitative estimate of drug-likeness (QED) is 0.934. The summed E-state index contributed by atoms with van der Waals surface area (Å²) in [5, 5.41) is 7.53. The van der Waals surface area contributed by atoms with E-state index in [0.717, 1.165) is 37.5 Å². The fourth-order valence-electron chi connectivity index (χ4n) is 2.81. The molecule has 1 aromatic carbocycles. The number of hydrogen-bond donors (Lipinski definition) is 1. The molecule has 1 aromatic heterocycles. The normalized spacial score (nSPS) is 16.4. The van der Waals surface area contributed by atoms with Gasteiger partial charge in [-0.1, -0.05) is 28.9 Å². The van der Waals surface area contributed by atoms with Crippen LogP contribution >= 0.6 is 11.6 Å². The molecule has 1 amide bonds. The summed E-state index contributed by atoms with van der Waals surface area (Å²) in [7, 11) is 0. The highest BCUT2D eigenvalue weighted by Gasteiger charge is 2.22. The van der Waals surface area contributed by atoms with E-state index < -0.39 is 0 Å². The molecule has 5 nitrogen and oxygen atoms in total. The Balaban J connectivity index is 1.46. The summed E-state index contributed by atoms with van der Waals surface area (Å²) in [6.07, 6.45) is 1.87. The van der Waals surface area contributed by atoms with E-state index in [1.165, 1.54) is 5.56 Å². The number of carbonyl (C=O) groups is 1. The Labute approximate surface area is 140 Å². The summed E-state index contributed by atoms with van der Waals surface area (Å²) in [5.74, 6) is 0.104. The Bertz CT molecular complexity index is 661. The van der Waals surface area contributed by atoms with E-state index >= 15 is 0 Å². The first-order valence-electron chi connectivity index (χ1n) is 7.81. The molecule has 6 heteroatoms. The van der Waals surface area contributed by atoms with Gasteiger partial charge in [-0.05, 0) is 37.5 Å². The molecule has 0 radical (unpaired) electrons. The molecular weight excluding hydrogens is 314 g/mol. The van der Waals surface area contributed by atoms with Crippen LogP contribution in [0, 0.1) is 6.92 Å². The van der Waals surface area contributed by atoms with Gasteiger partial charge < -0.3 is 9.84 Å². The lowest BCUT2D eigenvalue weighted by Crippen LogP contribution is -2.44. The van der Waals surface area contributed by atoms with Crippen LogP contribution in [0.1, 0.15) is 34.7 Å². The van der Waals surface area contributed by atoms with E-state index in [0.29, 0.717) is 5.69 Å². The first kappa shape index (κ1) is 16.0. The maximum absolute atomic E-state index is 12.1. The number of aromatic nitrogens is 1. The molecule has 1 aliphatic heterocycles. The average molecular weight is 334 g/mol. The summed E-state index contributed by atoms with van der Waals surface area (Å²) in [6, 6.07) is 9.80. The molecule has 0 spiro atoms. The van der Waals surface area contributed by atoms with Crippen molar-refractivity contribution >= 4 is 17.5 Å². The molecule has 3 rings (SSSR count). The summed E-state index contributed by atoms with van der Waals surface area (Å²) in [4.78, 5) is 14.5. The highest BCUT2D eigenvalue weighted by molar-refractivity contribution is 6.30. The lowest BCUT2D eigenvalue weighted by Gasteiger charge is -2.32. The Hall–Kier alpha value is -1.85. The summed E-state index contributed by atoms with van der Waals surface area (Å²) in [5.41, 5.74) is 1.97. The first-order valence-corrected chi connectivity index (χ1v) is 8.19. The van der Waals surface area contributed by atoms with Crippen molar-refractivity contribution in [3.8, 4) is 0 Å². The smallest absolute Gasteiger partial charge is 0.290 e. The van der Waals surface area contributed by atoms with Gasteiger partial charge >= 0.3 is 0 Å². The number of rotatable bonds is 4. The van der Waals surface area contributed by atoms with Crippen LogP contribution in [0.3, 0.4) is 0 Å². The topological polar surface area (TPSA) is 58.4 Å². The molecule has 0 saturated carbocycles. The van der Waals surface area contributed by atoms with Gasteiger partial charge in [0.2, 0.25) is 5.76 Å². The number of likely N-dealkylation sites (tertiary alicyclic amines) is 1. The SMILES string of the molecule is Cc1cc(C(=O)NC2CCN(Cc3ccc(Cl)cc3)CC2)on1. The van der Waals surface area contributed by atoms with Gasteiger partial charge in [-0.2, -0.15) is 0 Å². The van der Waals surface area contributed by atoms with Gasteiger partial charge in [0.15, 0.2) is 0 Å². The van der Waals surface area contributed by atoms with Crippen molar-refractivity contribution in [3.63, 3.8) is 0 Å². The Morgan fingerprint density at radius 2 is 2.04 bits per heavy atom. The molecule has 0 bridgehead atoms. The van der Waals surface area contributed by atoms with Gasteiger partial charge in [0.25, 0.3) is 5.91 Å². The Morgan fingerprint density at radius 1 is 1.35 bits per heavy atom. The van der Waals surface area contributed by atoms with Gasteiger partial charge in [0, 0.05) is 36.8 Å². The number of amides is 1. The zero-order chi connectivity index (χ0) is 16.2. The van der Waals surface area contributed by atoms with Gasteiger partial charge in [-0.25, -0.2) is 0 Å². The van der Waals surface area contributed by atoms with E-state index in [1.54, 1.807) is 13.0 Å². The number of carbonyl (C=O) groups excluding carboxylic acids is 1. The molecule has 122 valence electrons. The van der Waals surface area contributed by atoms with Gasteiger partial charge in [-0.3, -0.25) is 9.69 Å². The fraction of sp³-hybridized carbons (Fsp3) is 0.412. The Kier molecular flexibility index (Phi) is 4.98. The molecule has 2 heterocycles. The van der Waals surface area contributed by atoms with Crippen molar-refractivity contribution in [2.75, 3.05) is 13.1 Å². The first-order chi connectivity index (χ1) is 11.1. The number of piperidine rings is 1. The van der Waals surface area contributed by atoms with Crippen LogP contribution in [0.15, 0.2) is 34.9 Å². The van der Waals surface area contributed by atoms with Crippen LogP contribution in [0.4, 0.5) is 0 Å². The number of hydrogen-bond acceptors (Lipinski definition) is 4. The maximum Gasteiger partial charge on any atom is 0.290 e. The van der Waals surface area contributed by atoms with Crippen LogP contribution in [0.25, 0.3) is 0 Å². The van der Waals surface area contributed by atoms with Crippen LogP contribution < -0.4 is 5.32 Å². The molecule has 1 fully saturated rings. The molecule has 1 N–H and O–H groups in total. The molecule has 23 heavy (non-hydrogen) atoms. The minimum absolute atomic E-state index is 0.179. The predicted molar refractivity (Wildman–Crippen MR) is 88.5 cm³/mol. The molecule has 0 unspecified atom stereocenters. The van der Waals surface area contributed by atoms with Gasteiger partial charge in [0.1, 0.15) is 0 Å². The lowest BCUT2D eigenvalue weighted by atomic mass is 10.0. The van der Waals surface area contributed by atoms with Crippen molar-refractivity contribution in [1.82, 2.24) is 15.4 Å². The third kappa shape index (κ3) is 4.33. The maximum atomic E-state index is 12.1. The predicted octanol–water partition coefficient (Wildman–Crippen LogP) is 3.03. The molecule has 0 atom stereocenters. The number of aryl methyl sites for hydroxylation is 1. The third-order valence-corrected chi connectivity index (χ3v) is 4.35. The van der Waals surface area contributed by atoms with E-state index in [1.807, 2.05) is 12.1 Å². The molecule has 1 aliphatic rings. The zero-order valence-corrected chi connectivity index (χ0v) is 13.8. The second-order valence-corrected chi connectivity index (χ2v) is 6.42. The highest BCUT2D eigenvalue weighted by Crippen LogP contribution is 2.16. The van der Waals surface area contributed by atoms with Crippen LogP contribution in [-0.2, 0) is 6.54 Å². The molecule has 1 saturated heterocycles. The minimum atomic E-state index is -0.179. The van der Waals surface area contributed by atoms with Crippen molar-refractivity contribution in [2.24, 2.45) is 0 Å². The summed E-state index contributed by atoms with van der Waals surface area (Å²) >= 11 is 5.91. The van der Waals surface area contributed by atoms with E-state index in [-0.39, 0.29) is 17.7 Å². The van der Waals surface area contributed by atoms with Crippen LogP contribution in [0.5, 0.6) is 0 Å². The highest BCUT2D eigenvalue weighted by atomic mass is 35.5. The van der Waals surface area contributed by atoms with Gasteiger partial charge in [0.05, 0.1) is 5.69 Å². The van der Waals surface area contributed by atoms with Crippen molar-refractivity contribution < 1.29 is 9.32 Å². The molecule has 0 aliphatic carbocycles. The van der Waals surface area contributed by atoms with E-state index in [4.69, 9.17) is 16.1 Å². The van der Waals surface area contributed by atoms with E-state index in [2.05, 4.69) is 27.5 Å². The van der Waals surface area contributed by atoms with Crippen molar-refractivity contribution in [1.29, 1.82) is 0 Å². The van der Waals surface area contributed by atoms with Crippen molar-refractivity contribution in [3.05, 3.63) is 52.4 Å².